The Bertz CT molecular complexity index is 1080. The molecule has 3 aromatic rings. The van der Waals surface area contributed by atoms with Gasteiger partial charge in [0.2, 0.25) is 0 Å². The minimum Gasteiger partial charge on any atom is -0.481 e. The van der Waals surface area contributed by atoms with Gasteiger partial charge in [0.25, 0.3) is 0 Å². The maximum atomic E-state index is 11.4. The SMILES string of the molecule is O=C(O)CCC1(CCC(=O)O)c2cc3ccccc3cc2-c2c(Br)cccc21. The minimum atomic E-state index is -0.875. The molecular weight excluding hydrogens is 420 g/mol. The van der Waals surface area contributed by atoms with Gasteiger partial charge in [-0.25, -0.2) is 0 Å². The lowest BCUT2D eigenvalue weighted by molar-refractivity contribution is -0.137. The van der Waals surface area contributed by atoms with Gasteiger partial charge >= 0.3 is 11.9 Å². The van der Waals surface area contributed by atoms with Crippen LogP contribution >= 0.6 is 15.9 Å². The smallest absolute Gasteiger partial charge is 0.303 e. The maximum Gasteiger partial charge on any atom is 0.303 e. The number of hydrogen-bond donors (Lipinski definition) is 2. The summed E-state index contributed by atoms with van der Waals surface area (Å²) in [6, 6.07) is 18.2. The molecule has 0 fully saturated rings. The van der Waals surface area contributed by atoms with E-state index in [2.05, 4.69) is 34.1 Å². The quantitative estimate of drug-likeness (QED) is 0.525. The minimum absolute atomic E-state index is 0.0160. The van der Waals surface area contributed by atoms with Crippen LogP contribution in [-0.4, -0.2) is 22.2 Å². The van der Waals surface area contributed by atoms with Gasteiger partial charge in [0.1, 0.15) is 0 Å². The van der Waals surface area contributed by atoms with Crippen LogP contribution in [-0.2, 0) is 15.0 Å². The summed E-state index contributed by atoms with van der Waals surface area (Å²) in [6.45, 7) is 0. The molecular formula is C23H19BrO4. The molecule has 2 N–H and O–H groups in total. The van der Waals surface area contributed by atoms with Crippen LogP contribution in [0.1, 0.15) is 36.8 Å². The van der Waals surface area contributed by atoms with Crippen molar-refractivity contribution in [1.82, 2.24) is 0 Å². The Morgan fingerprint density at radius 1 is 0.821 bits per heavy atom. The average Bonchev–Trinajstić information content (AvgIpc) is 2.93. The van der Waals surface area contributed by atoms with Gasteiger partial charge in [-0.3, -0.25) is 9.59 Å². The molecule has 0 saturated carbocycles. The van der Waals surface area contributed by atoms with E-state index >= 15 is 0 Å². The molecule has 0 aromatic heterocycles. The van der Waals surface area contributed by atoms with Crippen LogP contribution in [0.3, 0.4) is 0 Å². The molecule has 5 heteroatoms. The first-order valence-electron chi connectivity index (χ1n) is 9.18. The predicted molar refractivity (Wildman–Crippen MR) is 112 cm³/mol. The Morgan fingerprint density at radius 2 is 1.43 bits per heavy atom. The number of halogens is 1. The lowest BCUT2D eigenvalue weighted by atomic mass is 9.71. The van der Waals surface area contributed by atoms with Crippen molar-refractivity contribution in [2.24, 2.45) is 0 Å². The molecule has 4 rings (SSSR count). The van der Waals surface area contributed by atoms with Crippen molar-refractivity contribution in [2.45, 2.75) is 31.1 Å². The van der Waals surface area contributed by atoms with Crippen LogP contribution in [0.15, 0.2) is 59.1 Å². The standard InChI is InChI=1S/C23H19BrO4/c24-19-7-3-6-17-22(19)16-12-14-4-1-2-5-15(14)13-18(16)23(17,10-8-20(25)26)11-9-21(27)28/h1-7,12-13H,8-11H2,(H,25,26)(H,27,28). The number of fused-ring (bicyclic) bond motifs is 4. The average molecular weight is 439 g/mol. The van der Waals surface area contributed by atoms with Crippen LogP contribution in [0.25, 0.3) is 21.9 Å². The summed E-state index contributed by atoms with van der Waals surface area (Å²) in [5, 5.41) is 20.9. The molecule has 3 aromatic carbocycles. The molecule has 0 radical (unpaired) electrons. The van der Waals surface area contributed by atoms with Crippen molar-refractivity contribution in [2.75, 3.05) is 0 Å². The molecule has 0 saturated heterocycles. The Balaban J connectivity index is 2.02. The summed E-state index contributed by atoms with van der Waals surface area (Å²) >= 11 is 3.66. The Hall–Kier alpha value is -2.66. The molecule has 1 aliphatic rings. The van der Waals surface area contributed by atoms with Gasteiger partial charge in [0, 0.05) is 28.3 Å². The molecule has 4 nitrogen and oxygen atoms in total. The van der Waals surface area contributed by atoms with Gasteiger partial charge in [0.05, 0.1) is 0 Å². The number of hydrogen-bond acceptors (Lipinski definition) is 2. The van der Waals surface area contributed by atoms with E-state index in [-0.39, 0.29) is 12.8 Å². The van der Waals surface area contributed by atoms with Gasteiger partial charge in [-0.2, -0.15) is 0 Å². The van der Waals surface area contributed by atoms with E-state index in [1.165, 1.54) is 0 Å². The zero-order chi connectivity index (χ0) is 19.9. The van der Waals surface area contributed by atoms with E-state index in [0.717, 1.165) is 37.5 Å². The second kappa shape index (κ2) is 7.06. The Kier molecular flexibility index (Phi) is 4.71. The molecule has 0 heterocycles. The van der Waals surface area contributed by atoms with E-state index < -0.39 is 17.4 Å². The third-order valence-electron chi connectivity index (χ3n) is 5.73. The molecule has 0 unspecified atom stereocenters. The number of benzene rings is 3. The van der Waals surface area contributed by atoms with Crippen molar-refractivity contribution < 1.29 is 19.8 Å². The highest BCUT2D eigenvalue weighted by atomic mass is 79.9. The number of carboxylic acids is 2. The Labute approximate surface area is 170 Å². The fourth-order valence-electron chi connectivity index (χ4n) is 4.49. The first-order valence-corrected chi connectivity index (χ1v) is 9.98. The third kappa shape index (κ3) is 3.00. The molecule has 0 bridgehead atoms. The van der Waals surface area contributed by atoms with Crippen LogP contribution < -0.4 is 0 Å². The molecule has 1 aliphatic carbocycles. The van der Waals surface area contributed by atoms with Gasteiger partial charge in [-0.05, 0) is 58.5 Å². The lowest BCUT2D eigenvalue weighted by Crippen LogP contribution is -2.27. The molecule has 0 aliphatic heterocycles. The molecule has 0 amide bonds. The topological polar surface area (TPSA) is 74.6 Å². The predicted octanol–water partition coefficient (Wildman–Crippen LogP) is 5.60. The van der Waals surface area contributed by atoms with Crippen molar-refractivity contribution in [3.63, 3.8) is 0 Å². The number of carbonyl (C=O) groups is 2. The molecule has 0 atom stereocenters. The molecule has 28 heavy (non-hydrogen) atoms. The van der Waals surface area contributed by atoms with E-state index in [1.54, 1.807) is 0 Å². The van der Waals surface area contributed by atoms with Gasteiger partial charge in [0.15, 0.2) is 0 Å². The summed E-state index contributed by atoms with van der Waals surface area (Å²) in [5.41, 5.74) is 3.50. The number of rotatable bonds is 6. The summed E-state index contributed by atoms with van der Waals surface area (Å²) in [5.74, 6) is -1.75. The van der Waals surface area contributed by atoms with Crippen LogP contribution in [0.4, 0.5) is 0 Å². The van der Waals surface area contributed by atoms with E-state index in [1.807, 2.05) is 36.4 Å². The number of aliphatic carboxylic acids is 2. The highest BCUT2D eigenvalue weighted by molar-refractivity contribution is 9.10. The van der Waals surface area contributed by atoms with Crippen molar-refractivity contribution >= 4 is 38.6 Å². The molecule has 142 valence electrons. The fourth-order valence-corrected chi connectivity index (χ4v) is 5.07. The maximum absolute atomic E-state index is 11.4. The normalized spacial score (nSPS) is 13.9. The van der Waals surface area contributed by atoms with Crippen molar-refractivity contribution in [1.29, 1.82) is 0 Å². The fraction of sp³-hybridized carbons (Fsp3) is 0.217. The second-order valence-corrected chi connectivity index (χ2v) is 8.13. The molecule has 0 spiro atoms. The summed E-state index contributed by atoms with van der Waals surface area (Å²) in [4.78, 5) is 22.8. The summed E-state index contributed by atoms with van der Waals surface area (Å²) < 4.78 is 0.939. The Morgan fingerprint density at radius 3 is 2.04 bits per heavy atom. The zero-order valence-electron chi connectivity index (χ0n) is 15.1. The zero-order valence-corrected chi connectivity index (χ0v) is 16.7. The lowest BCUT2D eigenvalue weighted by Gasteiger charge is -2.31. The van der Waals surface area contributed by atoms with Crippen LogP contribution in [0.2, 0.25) is 0 Å². The number of carboxylic acid groups (broad SMARTS) is 2. The van der Waals surface area contributed by atoms with Gasteiger partial charge in [-0.15, -0.1) is 0 Å². The highest BCUT2D eigenvalue weighted by Crippen LogP contribution is 2.56. The second-order valence-electron chi connectivity index (χ2n) is 7.28. The largest absolute Gasteiger partial charge is 0.481 e. The summed E-state index contributed by atoms with van der Waals surface area (Å²) in [6.07, 6.45) is 0.699. The van der Waals surface area contributed by atoms with Gasteiger partial charge in [-0.1, -0.05) is 52.3 Å². The van der Waals surface area contributed by atoms with E-state index in [9.17, 15) is 19.8 Å². The van der Waals surface area contributed by atoms with Crippen LogP contribution in [0.5, 0.6) is 0 Å². The van der Waals surface area contributed by atoms with Gasteiger partial charge < -0.3 is 10.2 Å². The van der Waals surface area contributed by atoms with Crippen LogP contribution in [0, 0.1) is 0 Å². The van der Waals surface area contributed by atoms with E-state index in [0.29, 0.717) is 12.8 Å². The van der Waals surface area contributed by atoms with Crippen molar-refractivity contribution in [3.8, 4) is 11.1 Å². The van der Waals surface area contributed by atoms with E-state index in [4.69, 9.17) is 0 Å². The highest BCUT2D eigenvalue weighted by Gasteiger charge is 2.44. The monoisotopic (exact) mass is 438 g/mol. The third-order valence-corrected chi connectivity index (χ3v) is 6.39. The first kappa shape index (κ1) is 18.7. The van der Waals surface area contributed by atoms with Crippen molar-refractivity contribution in [3.05, 3.63) is 70.2 Å². The first-order chi connectivity index (χ1) is 13.4. The summed E-state index contributed by atoms with van der Waals surface area (Å²) in [7, 11) is 0.